The van der Waals surface area contributed by atoms with E-state index in [1.54, 1.807) is 0 Å². The average molecular weight is 177 g/mol. The van der Waals surface area contributed by atoms with Crippen molar-refractivity contribution in [1.29, 1.82) is 0 Å². The molecule has 1 saturated heterocycles. The molecule has 1 rings (SSSR count). The highest BCUT2D eigenvalue weighted by molar-refractivity contribution is 7.86. The monoisotopic (exact) mass is 177 g/mol. The van der Waals surface area contributed by atoms with E-state index >= 15 is 0 Å². The molecule has 5 heteroatoms. The van der Waals surface area contributed by atoms with Gasteiger partial charge in [0, 0.05) is 29.1 Å². The van der Waals surface area contributed by atoms with Gasteiger partial charge in [0.1, 0.15) is 5.25 Å². The molecular formula is C6H11NO3S. The standard InChI is InChI=1S/C6H11NO3S/c1-4-3-11(10)5(2-7-4)6(8)9/h4-5,7H,2-3H2,1H3,(H,8,9). The molecule has 0 radical (unpaired) electrons. The Morgan fingerprint density at radius 2 is 2.36 bits per heavy atom. The van der Waals surface area contributed by atoms with Gasteiger partial charge < -0.3 is 10.4 Å². The maximum atomic E-state index is 11.1. The molecule has 1 aliphatic heterocycles. The van der Waals surface area contributed by atoms with Crippen LogP contribution in [0.15, 0.2) is 0 Å². The lowest BCUT2D eigenvalue weighted by atomic mass is 10.3. The number of rotatable bonds is 1. The van der Waals surface area contributed by atoms with Crippen molar-refractivity contribution >= 4 is 16.8 Å². The first-order valence-electron chi connectivity index (χ1n) is 3.44. The molecule has 0 aromatic heterocycles. The van der Waals surface area contributed by atoms with Crippen molar-refractivity contribution in [1.82, 2.24) is 5.32 Å². The van der Waals surface area contributed by atoms with E-state index in [1.807, 2.05) is 6.92 Å². The Kier molecular flexibility index (Phi) is 2.62. The second-order valence-corrected chi connectivity index (χ2v) is 4.35. The fourth-order valence-electron chi connectivity index (χ4n) is 1.02. The normalized spacial score (nSPS) is 38.5. The van der Waals surface area contributed by atoms with Gasteiger partial charge in [-0.2, -0.15) is 0 Å². The first kappa shape index (κ1) is 8.67. The average Bonchev–Trinajstić information content (AvgIpc) is 1.85. The summed E-state index contributed by atoms with van der Waals surface area (Å²) >= 11 is 0. The quantitative estimate of drug-likeness (QED) is 0.549. The van der Waals surface area contributed by atoms with Crippen LogP contribution < -0.4 is 5.32 Å². The van der Waals surface area contributed by atoms with Crippen molar-refractivity contribution in [2.24, 2.45) is 0 Å². The van der Waals surface area contributed by atoms with Crippen molar-refractivity contribution in [2.75, 3.05) is 12.3 Å². The molecule has 11 heavy (non-hydrogen) atoms. The largest absolute Gasteiger partial charge is 0.480 e. The topological polar surface area (TPSA) is 66.4 Å². The van der Waals surface area contributed by atoms with Gasteiger partial charge in [-0.05, 0) is 6.92 Å². The van der Waals surface area contributed by atoms with Crippen LogP contribution >= 0.6 is 0 Å². The van der Waals surface area contributed by atoms with E-state index in [4.69, 9.17) is 5.11 Å². The second kappa shape index (κ2) is 3.32. The smallest absolute Gasteiger partial charge is 0.320 e. The third kappa shape index (κ3) is 2.00. The van der Waals surface area contributed by atoms with Gasteiger partial charge in [-0.1, -0.05) is 0 Å². The third-order valence-corrected chi connectivity index (χ3v) is 3.49. The molecule has 0 bridgehead atoms. The van der Waals surface area contributed by atoms with Crippen molar-refractivity contribution in [3.63, 3.8) is 0 Å². The van der Waals surface area contributed by atoms with E-state index in [1.165, 1.54) is 0 Å². The van der Waals surface area contributed by atoms with Gasteiger partial charge >= 0.3 is 5.97 Å². The minimum absolute atomic E-state index is 0.173. The molecule has 0 amide bonds. The van der Waals surface area contributed by atoms with Crippen molar-refractivity contribution < 1.29 is 14.1 Å². The van der Waals surface area contributed by atoms with E-state index in [0.29, 0.717) is 12.3 Å². The van der Waals surface area contributed by atoms with Crippen LogP contribution in [0.3, 0.4) is 0 Å². The number of hydrogen-bond donors (Lipinski definition) is 2. The van der Waals surface area contributed by atoms with E-state index in [-0.39, 0.29) is 6.04 Å². The molecule has 1 fully saturated rings. The summed E-state index contributed by atoms with van der Waals surface area (Å²) in [6.07, 6.45) is 0. The van der Waals surface area contributed by atoms with E-state index in [2.05, 4.69) is 5.32 Å². The van der Waals surface area contributed by atoms with Crippen LogP contribution in [-0.2, 0) is 15.6 Å². The lowest BCUT2D eigenvalue weighted by Crippen LogP contribution is -2.49. The number of carboxylic acid groups (broad SMARTS) is 1. The van der Waals surface area contributed by atoms with Gasteiger partial charge in [0.05, 0.1) is 0 Å². The Labute approximate surface area is 67.4 Å². The summed E-state index contributed by atoms with van der Waals surface area (Å²) in [6.45, 7) is 2.22. The SMILES string of the molecule is CC1CS(=O)C(C(=O)O)CN1. The van der Waals surface area contributed by atoms with Crippen LogP contribution in [0.2, 0.25) is 0 Å². The molecule has 0 saturated carbocycles. The number of carbonyl (C=O) groups is 1. The number of aliphatic carboxylic acids is 1. The lowest BCUT2D eigenvalue weighted by molar-refractivity contribution is -0.136. The summed E-state index contributed by atoms with van der Waals surface area (Å²) in [6, 6.07) is 0.173. The fraction of sp³-hybridized carbons (Fsp3) is 0.833. The van der Waals surface area contributed by atoms with Gasteiger partial charge in [-0.25, -0.2) is 0 Å². The van der Waals surface area contributed by atoms with Crippen LogP contribution in [0.1, 0.15) is 6.92 Å². The maximum absolute atomic E-state index is 11.1. The molecule has 0 aromatic rings. The summed E-state index contributed by atoms with van der Waals surface area (Å²) < 4.78 is 11.1. The highest BCUT2D eigenvalue weighted by Gasteiger charge is 2.29. The fourth-order valence-corrected chi connectivity index (χ4v) is 2.37. The Balaban J connectivity index is 2.58. The molecule has 1 heterocycles. The van der Waals surface area contributed by atoms with E-state index in [0.717, 1.165) is 0 Å². The highest BCUT2D eigenvalue weighted by atomic mass is 32.2. The summed E-state index contributed by atoms with van der Waals surface area (Å²) in [5, 5.41) is 10.8. The van der Waals surface area contributed by atoms with Crippen LogP contribution in [0.4, 0.5) is 0 Å². The van der Waals surface area contributed by atoms with E-state index < -0.39 is 22.0 Å². The van der Waals surface area contributed by atoms with E-state index in [9.17, 15) is 9.00 Å². The Hall–Kier alpha value is -0.420. The first-order valence-corrected chi connectivity index (χ1v) is 4.83. The first-order chi connectivity index (χ1) is 5.11. The summed E-state index contributed by atoms with van der Waals surface area (Å²) in [4.78, 5) is 10.4. The molecule has 4 nitrogen and oxygen atoms in total. The zero-order chi connectivity index (χ0) is 8.43. The van der Waals surface area contributed by atoms with Crippen LogP contribution in [0, 0.1) is 0 Å². The summed E-state index contributed by atoms with van der Waals surface area (Å²) in [7, 11) is -1.20. The Morgan fingerprint density at radius 3 is 2.82 bits per heavy atom. The second-order valence-electron chi connectivity index (χ2n) is 2.68. The summed E-state index contributed by atoms with van der Waals surface area (Å²) in [5.41, 5.74) is 0. The maximum Gasteiger partial charge on any atom is 0.320 e. The van der Waals surface area contributed by atoms with Gasteiger partial charge in [-0.3, -0.25) is 9.00 Å². The molecule has 64 valence electrons. The van der Waals surface area contributed by atoms with Crippen molar-refractivity contribution in [3.8, 4) is 0 Å². The summed E-state index contributed by atoms with van der Waals surface area (Å²) in [5.74, 6) is -0.528. The van der Waals surface area contributed by atoms with Crippen molar-refractivity contribution in [2.45, 2.75) is 18.2 Å². The predicted molar refractivity (Wildman–Crippen MR) is 41.9 cm³/mol. The zero-order valence-corrected chi connectivity index (χ0v) is 7.06. The molecule has 0 aliphatic carbocycles. The zero-order valence-electron chi connectivity index (χ0n) is 6.24. The number of hydrogen-bond acceptors (Lipinski definition) is 3. The van der Waals surface area contributed by atoms with Crippen LogP contribution in [-0.4, -0.2) is 38.9 Å². The molecule has 0 aromatic carbocycles. The molecule has 2 N–H and O–H groups in total. The number of nitrogens with one attached hydrogen (secondary N) is 1. The van der Waals surface area contributed by atoms with Gasteiger partial charge in [0.2, 0.25) is 0 Å². The third-order valence-electron chi connectivity index (χ3n) is 1.66. The van der Waals surface area contributed by atoms with Gasteiger partial charge in [0.25, 0.3) is 0 Å². The molecule has 3 unspecified atom stereocenters. The van der Waals surface area contributed by atoms with Crippen molar-refractivity contribution in [3.05, 3.63) is 0 Å². The molecule has 3 atom stereocenters. The highest BCUT2D eigenvalue weighted by Crippen LogP contribution is 2.04. The van der Waals surface area contributed by atoms with Gasteiger partial charge in [-0.15, -0.1) is 0 Å². The number of carboxylic acids is 1. The lowest BCUT2D eigenvalue weighted by Gasteiger charge is -2.23. The Morgan fingerprint density at radius 1 is 1.73 bits per heavy atom. The minimum Gasteiger partial charge on any atom is -0.480 e. The molecule has 1 aliphatic rings. The predicted octanol–water partition coefficient (Wildman–Crippen LogP) is -0.820. The van der Waals surface area contributed by atoms with Gasteiger partial charge in [0.15, 0.2) is 0 Å². The molecule has 0 spiro atoms. The van der Waals surface area contributed by atoms with Crippen LogP contribution in [0.25, 0.3) is 0 Å². The minimum atomic E-state index is -1.20. The Bertz CT molecular complexity index is 194. The molecular weight excluding hydrogens is 166 g/mol. The van der Waals surface area contributed by atoms with Crippen LogP contribution in [0.5, 0.6) is 0 Å².